The number of carboxylic acids is 1. The molecule has 1 aliphatic heterocycles. The normalized spacial score (nSPS) is 22.0. The molecule has 2 N–H and O–H groups in total. The van der Waals surface area contributed by atoms with Crippen LogP contribution < -0.4 is 5.32 Å². The number of hydrogen-bond acceptors (Lipinski definition) is 2. The number of likely N-dealkylation sites (tertiary alicyclic amines) is 1. The fraction of sp³-hybridized carbons (Fsp3) is 0.467. The van der Waals surface area contributed by atoms with Crippen LogP contribution in [-0.4, -0.2) is 35.1 Å². The van der Waals surface area contributed by atoms with Gasteiger partial charge in [0.2, 0.25) is 0 Å². The van der Waals surface area contributed by atoms with Gasteiger partial charge in [-0.05, 0) is 30.4 Å². The number of nitrogens with zero attached hydrogens (tertiary/aromatic N) is 1. The molecule has 0 bridgehead atoms. The van der Waals surface area contributed by atoms with Gasteiger partial charge < -0.3 is 15.3 Å². The molecule has 2 amide bonds. The quantitative estimate of drug-likeness (QED) is 0.880. The molecular formula is C15H19FN2O3. The molecule has 5 nitrogen and oxygen atoms in total. The van der Waals surface area contributed by atoms with E-state index < -0.39 is 17.3 Å². The molecule has 114 valence electrons. The predicted octanol–water partition coefficient (Wildman–Crippen LogP) is 3.03. The molecular weight excluding hydrogens is 275 g/mol. The van der Waals surface area contributed by atoms with E-state index in [9.17, 15) is 14.0 Å². The molecule has 1 aliphatic rings. The van der Waals surface area contributed by atoms with E-state index in [0.717, 1.165) is 12.5 Å². The number of anilines is 1. The Balaban J connectivity index is 2.13. The van der Waals surface area contributed by atoms with Crippen molar-refractivity contribution in [3.8, 4) is 0 Å². The molecule has 2 rings (SSSR count). The fourth-order valence-corrected chi connectivity index (χ4v) is 2.49. The smallest absolute Gasteiger partial charge is 0.340 e. The Kier molecular flexibility index (Phi) is 4.45. The van der Waals surface area contributed by atoms with Gasteiger partial charge in [0.25, 0.3) is 0 Å². The summed E-state index contributed by atoms with van der Waals surface area (Å²) in [6, 6.07) is 3.43. The first-order valence-electron chi connectivity index (χ1n) is 6.98. The van der Waals surface area contributed by atoms with Crippen LogP contribution in [0.1, 0.15) is 30.6 Å². The molecule has 0 aliphatic carbocycles. The monoisotopic (exact) mass is 294 g/mol. The van der Waals surface area contributed by atoms with Crippen LogP contribution in [0.15, 0.2) is 18.2 Å². The van der Waals surface area contributed by atoms with Crippen molar-refractivity contribution in [3.63, 3.8) is 0 Å². The second kappa shape index (κ2) is 6.11. The van der Waals surface area contributed by atoms with Crippen molar-refractivity contribution in [2.45, 2.75) is 20.3 Å². The molecule has 1 aromatic carbocycles. The Morgan fingerprint density at radius 3 is 2.67 bits per heavy atom. The summed E-state index contributed by atoms with van der Waals surface area (Å²) < 4.78 is 13.6. The van der Waals surface area contributed by atoms with Gasteiger partial charge in [0.1, 0.15) is 11.4 Å². The molecule has 0 spiro atoms. The number of carbonyl (C=O) groups is 2. The number of benzene rings is 1. The average molecular weight is 294 g/mol. The Morgan fingerprint density at radius 1 is 1.33 bits per heavy atom. The van der Waals surface area contributed by atoms with E-state index in [1.165, 1.54) is 12.1 Å². The van der Waals surface area contributed by atoms with Crippen molar-refractivity contribution in [3.05, 3.63) is 29.6 Å². The topological polar surface area (TPSA) is 69.6 Å². The number of urea groups is 1. The maximum atomic E-state index is 13.6. The van der Waals surface area contributed by atoms with Crippen LogP contribution in [-0.2, 0) is 0 Å². The van der Waals surface area contributed by atoms with Crippen LogP contribution in [0.2, 0.25) is 0 Å². The van der Waals surface area contributed by atoms with E-state index >= 15 is 0 Å². The number of nitrogens with one attached hydrogen (secondary N) is 1. The molecule has 2 atom stereocenters. The van der Waals surface area contributed by atoms with Crippen molar-refractivity contribution in [1.29, 1.82) is 0 Å². The van der Waals surface area contributed by atoms with Gasteiger partial charge in [-0.25, -0.2) is 14.0 Å². The van der Waals surface area contributed by atoms with Crippen LogP contribution in [0, 0.1) is 17.7 Å². The number of piperidine rings is 1. The molecule has 0 aromatic heterocycles. The summed E-state index contributed by atoms with van der Waals surface area (Å²) in [6.07, 6.45) is 0.906. The number of rotatable bonds is 2. The molecule has 0 saturated carbocycles. The van der Waals surface area contributed by atoms with Gasteiger partial charge in [-0.3, -0.25) is 0 Å². The summed E-state index contributed by atoms with van der Waals surface area (Å²) in [6.45, 7) is 5.46. The van der Waals surface area contributed by atoms with E-state index in [2.05, 4.69) is 19.2 Å². The van der Waals surface area contributed by atoms with E-state index in [1.807, 2.05) is 0 Å². The third kappa shape index (κ3) is 3.32. The second-order valence-corrected chi connectivity index (χ2v) is 5.59. The fourth-order valence-electron chi connectivity index (χ4n) is 2.49. The first kappa shape index (κ1) is 15.3. The van der Waals surface area contributed by atoms with Crippen LogP contribution >= 0.6 is 0 Å². The highest BCUT2D eigenvalue weighted by molar-refractivity contribution is 6.00. The predicted molar refractivity (Wildman–Crippen MR) is 76.9 cm³/mol. The van der Waals surface area contributed by atoms with Gasteiger partial charge in [0.15, 0.2) is 0 Å². The molecule has 1 heterocycles. The summed E-state index contributed by atoms with van der Waals surface area (Å²) in [5, 5.41) is 11.5. The number of hydrogen-bond donors (Lipinski definition) is 2. The minimum Gasteiger partial charge on any atom is -0.478 e. The van der Waals surface area contributed by atoms with Crippen LogP contribution in [0.5, 0.6) is 0 Å². The highest BCUT2D eigenvalue weighted by atomic mass is 19.1. The Labute approximate surface area is 122 Å². The van der Waals surface area contributed by atoms with Crippen LogP contribution in [0.25, 0.3) is 0 Å². The lowest BCUT2D eigenvalue weighted by atomic mass is 9.89. The minimum atomic E-state index is -1.40. The maximum absolute atomic E-state index is 13.6. The van der Waals surface area contributed by atoms with Gasteiger partial charge in [-0.2, -0.15) is 0 Å². The Bertz CT molecular complexity index is 562. The molecule has 1 aromatic rings. The molecule has 6 heteroatoms. The Morgan fingerprint density at radius 2 is 2.05 bits per heavy atom. The highest BCUT2D eigenvalue weighted by Crippen LogP contribution is 2.24. The second-order valence-electron chi connectivity index (χ2n) is 5.59. The number of amides is 2. The lowest BCUT2D eigenvalue weighted by Gasteiger charge is -2.35. The van der Waals surface area contributed by atoms with Gasteiger partial charge in [0, 0.05) is 13.1 Å². The molecule has 21 heavy (non-hydrogen) atoms. The van der Waals surface area contributed by atoms with Crippen LogP contribution in [0.4, 0.5) is 14.9 Å². The summed E-state index contributed by atoms with van der Waals surface area (Å²) in [5.74, 6) is -1.32. The summed E-state index contributed by atoms with van der Waals surface area (Å²) in [4.78, 5) is 24.9. The van der Waals surface area contributed by atoms with Gasteiger partial charge in [0.05, 0.1) is 5.69 Å². The van der Waals surface area contributed by atoms with Gasteiger partial charge >= 0.3 is 12.0 Å². The van der Waals surface area contributed by atoms with E-state index in [-0.39, 0.29) is 11.7 Å². The summed E-state index contributed by atoms with van der Waals surface area (Å²) in [7, 11) is 0. The van der Waals surface area contributed by atoms with Crippen molar-refractivity contribution >= 4 is 17.7 Å². The largest absolute Gasteiger partial charge is 0.478 e. The first-order chi connectivity index (χ1) is 9.90. The summed E-state index contributed by atoms with van der Waals surface area (Å²) in [5.41, 5.74) is -0.525. The highest BCUT2D eigenvalue weighted by Gasteiger charge is 2.27. The lowest BCUT2D eigenvalue weighted by molar-refractivity contribution is 0.0693. The SMILES string of the molecule is CC1CCN(C(=O)Nc2cccc(F)c2C(=O)O)CC1C. The molecule has 1 saturated heterocycles. The first-order valence-corrected chi connectivity index (χ1v) is 6.98. The zero-order valence-corrected chi connectivity index (χ0v) is 12.1. The van der Waals surface area contributed by atoms with Crippen molar-refractivity contribution in [2.24, 2.45) is 11.8 Å². The van der Waals surface area contributed by atoms with Crippen molar-refractivity contribution in [2.75, 3.05) is 18.4 Å². The standard InChI is InChI=1S/C15H19FN2O3/c1-9-6-7-18(8-10(9)2)15(21)17-12-5-3-4-11(16)13(12)14(19)20/h3-5,9-10H,6-8H2,1-2H3,(H,17,21)(H,19,20). The number of carboxylic acid groups (broad SMARTS) is 1. The zero-order chi connectivity index (χ0) is 15.6. The number of carbonyl (C=O) groups excluding carboxylic acids is 1. The minimum absolute atomic E-state index is 0.0150. The third-order valence-corrected chi connectivity index (χ3v) is 4.09. The molecule has 0 radical (unpaired) electrons. The van der Waals surface area contributed by atoms with E-state index in [1.54, 1.807) is 4.90 Å². The Hall–Kier alpha value is -2.11. The average Bonchev–Trinajstić information content (AvgIpc) is 2.41. The van der Waals surface area contributed by atoms with Crippen molar-refractivity contribution in [1.82, 2.24) is 4.90 Å². The molecule has 1 fully saturated rings. The lowest BCUT2D eigenvalue weighted by Crippen LogP contribution is -2.44. The van der Waals surface area contributed by atoms with E-state index in [4.69, 9.17) is 5.11 Å². The summed E-state index contributed by atoms with van der Waals surface area (Å²) >= 11 is 0. The molecule has 2 unspecified atom stereocenters. The zero-order valence-electron chi connectivity index (χ0n) is 12.1. The van der Waals surface area contributed by atoms with Crippen molar-refractivity contribution < 1.29 is 19.1 Å². The van der Waals surface area contributed by atoms with Gasteiger partial charge in [-0.15, -0.1) is 0 Å². The van der Waals surface area contributed by atoms with E-state index in [0.29, 0.717) is 24.9 Å². The number of halogens is 1. The van der Waals surface area contributed by atoms with Gasteiger partial charge in [-0.1, -0.05) is 19.9 Å². The van der Waals surface area contributed by atoms with Crippen LogP contribution in [0.3, 0.4) is 0 Å². The third-order valence-electron chi connectivity index (χ3n) is 4.09. The number of aromatic carboxylic acids is 1. The maximum Gasteiger partial charge on any atom is 0.340 e.